The van der Waals surface area contributed by atoms with Crippen molar-refractivity contribution in [3.8, 4) is 0 Å². The number of H-pyrrole nitrogens is 3. The number of aromatic amines is 3. The Kier molecular flexibility index (Phi) is 36.2. The molecular formula is C66H108N10O23. The second kappa shape index (κ2) is 42.7. The van der Waals surface area contributed by atoms with Crippen LogP contribution in [0.15, 0.2) is 37.6 Å². The summed E-state index contributed by atoms with van der Waals surface area (Å²) in [5, 5.41) is 34.4. The number of hydrogen-bond donors (Lipinski definition) is 9. The van der Waals surface area contributed by atoms with Crippen molar-refractivity contribution < 1.29 is 111 Å². The molecule has 3 aromatic rings. The van der Waals surface area contributed by atoms with Gasteiger partial charge in [0.05, 0.1) is 49.7 Å². The zero-order chi connectivity index (χ0) is 73.4. The van der Waals surface area contributed by atoms with E-state index in [0.717, 1.165) is 18.5 Å². The van der Waals surface area contributed by atoms with Crippen molar-refractivity contribution in [2.45, 2.75) is 228 Å². The van der Waals surface area contributed by atoms with Crippen LogP contribution in [0.5, 0.6) is 0 Å². The summed E-state index contributed by atoms with van der Waals surface area (Å²) in [6.45, 7) is 26.9. The van der Waals surface area contributed by atoms with Crippen molar-refractivity contribution in [3.05, 3.63) is 43.3 Å². The maximum atomic E-state index is 12.0. The fourth-order valence-electron chi connectivity index (χ4n) is 10.4. The number of nitrogens with two attached hydrogens (primary N) is 1. The van der Waals surface area contributed by atoms with Crippen LogP contribution in [0, 0.1) is 41.4 Å². The van der Waals surface area contributed by atoms with Gasteiger partial charge in [0.25, 0.3) is 11.8 Å². The monoisotopic (exact) mass is 1410 g/mol. The molecule has 15 unspecified atom stereocenters. The first-order valence-electron chi connectivity index (χ1n) is 33.8. The maximum Gasteiger partial charge on any atom is 0.534 e. The molecule has 4 aliphatic heterocycles. The number of carbonyl (C=O) groups is 8. The smallest absolute Gasteiger partial charge is 0.481 e. The number of aromatic nitrogens is 6. The fourth-order valence-corrected chi connectivity index (χ4v) is 10.4. The van der Waals surface area contributed by atoms with E-state index in [1.54, 1.807) is 19.4 Å². The van der Waals surface area contributed by atoms with Crippen LogP contribution in [-0.4, -0.2) is 205 Å². The van der Waals surface area contributed by atoms with Gasteiger partial charge >= 0.3 is 36.2 Å². The number of imide groups is 1. The molecule has 3 aromatic heterocycles. The highest BCUT2D eigenvalue weighted by Crippen LogP contribution is 2.37. The highest BCUT2D eigenvalue weighted by Gasteiger charge is 2.45. The van der Waals surface area contributed by atoms with Crippen molar-refractivity contribution in [1.29, 1.82) is 0 Å². The van der Waals surface area contributed by atoms with E-state index in [9.17, 15) is 48.6 Å². The predicted molar refractivity (Wildman–Crippen MR) is 353 cm³/mol. The number of nitrogens with zero attached hydrogens (tertiary/aromatic N) is 4. The summed E-state index contributed by atoms with van der Waals surface area (Å²) in [5.74, 6) is -0.932. The molecule has 33 heteroatoms. The van der Waals surface area contributed by atoms with E-state index in [0.29, 0.717) is 87.3 Å². The molecule has 33 nitrogen and oxygen atoms in total. The van der Waals surface area contributed by atoms with Crippen LogP contribution in [0.2, 0.25) is 0 Å². The van der Waals surface area contributed by atoms with Gasteiger partial charge in [-0.1, -0.05) is 53.5 Å². The molecular weight excluding hydrogens is 1300 g/mol. The summed E-state index contributed by atoms with van der Waals surface area (Å²) < 4.78 is 61.3. The van der Waals surface area contributed by atoms with Crippen molar-refractivity contribution >= 4 is 59.7 Å². The number of anilines is 2. The van der Waals surface area contributed by atoms with E-state index in [1.165, 1.54) is 25.0 Å². The van der Waals surface area contributed by atoms with Crippen LogP contribution in [-0.2, 0) is 87.3 Å². The largest absolute Gasteiger partial charge is 0.534 e. The van der Waals surface area contributed by atoms with Crippen LogP contribution in [0.1, 0.15) is 166 Å². The number of nitrogens with one attached hydrogen (secondary N) is 5. The molecule has 0 aromatic carbocycles. The molecule has 4 saturated heterocycles. The number of aliphatic hydroxyl groups is 2. The highest BCUT2D eigenvalue weighted by molar-refractivity contribution is 6.01. The molecule has 4 aliphatic rings. The van der Waals surface area contributed by atoms with Gasteiger partial charge in [0.2, 0.25) is 0 Å². The number of hydrogen-bond acceptors (Lipinski definition) is 26. The number of carboxylic acid groups (broad SMARTS) is 1. The lowest BCUT2D eigenvalue weighted by Gasteiger charge is -2.43. The quantitative estimate of drug-likeness (QED) is 0.0139. The molecule has 0 spiro atoms. The average molecular weight is 1410 g/mol. The summed E-state index contributed by atoms with van der Waals surface area (Å²) in [7, 11) is 0. The maximum absolute atomic E-state index is 12.0. The van der Waals surface area contributed by atoms with Crippen molar-refractivity contribution in [2.24, 2.45) is 47.2 Å². The number of unbranched alkanes of at least 4 members (excludes halogenated alkanes) is 3. The molecule has 0 aliphatic carbocycles. The third-order valence-electron chi connectivity index (χ3n) is 16.7. The van der Waals surface area contributed by atoms with E-state index in [4.69, 9.17) is 67.8 Å². The van der Waals surface area contributed by atoms with Gasteiger partial charge in [0.1, 0.15) is 54.9 Å². The minimum absolute atomic E-state index is 0.0150. The second-order valence-electron chi connectivity index (χ2n) is 26.9. The molecule has 15 atom stereocenters. The van der Waals surface area contributed by atoms with Crippen molar-refractivity contribution in [1.82, 2.24) is 35.0 Å². The van der Waals surface area contributed by atoms with E-state index in [2.05, 4.69) is 68.2 Å². The Morgan fingerprint density at radius 2 is 0.949 bits per heavy atom. The number of amides is 4. The first kappa shape index (κ1) is 84.0. The Bertz CT molecular complexity index is 2840. The van der Waals surface area contributed by atoms with E-state index < -0.39 is 90.2 Å². The lowest BCUT2D eigenvalue weighted by atomic mass is 9.79. The van der Waals surface area contributed by atoms with Gasteiger partial charge in [-0.15, -0.1) is 0 Å². The molecule has 4 amide bonds. The van der Waals surface area contributed by atoms with E-state index in [-0.39, 0.29) is 99.6 Å². The number of carbonyl (C=O) groups excluding carboxylic acids is 7. The second-order valence-corrected chi connectivity index (χ2v) is 26.9. The third-order valence-corrected chi connectivity index (χ3v) is 16.7. The van der Waals surface area contributed by atoms with Crippen molar-refractivity contribution in [3.63, 3.8) is 0 Å². The molecule has 4 fully saturated rings. The number of rotatable bonds is 29. The normalized spacial score (nSPS) is 26.0. The zero-order valence-corrected chi connectivity index (χ0v) is 59.4. The summed E-state index contributed by atoms with van der Waals surface area (Å²) in [5.41, 5.74) is 5.42. The van der Waals surface area contributed by atoms with Crippen LogP contribution in [0.4, 0.5) is 26.0 Å². The molecule has 0 bridgehead atoms. The topological polar surface area (TPSA) is 447 Å². The van der Waals surface area contributed by atoms with Gasteiger partial charge in [-0.25, -0.2) is 29.3 Å². The number of carboxylic acids is 1. The Morgan fingerprint density at radius 1 is 0.545 bits per heavy atom. The number of hydroxylamine groups is 2. The van der Waals surface area contributed by atoms with Crippen LogP contribution in [0.25, 0.3) is 0 Å². The van der Waals surface area contributed by atoms with E-state index in [1.807, 2.05) is 55.4 Å². The van der Waals surface area contributed by atoms with Gasteiger partial charge in [0, 0.05) is 88.0 Å². The lowest BCUT2D eigenvalue weighted by molar-refractivity contribution is -0.282. The Morgan fingerprint density at radius 3 is 1.35 bits per heavy atom. The van der Waals surface area contributed by atoms with Crippen LogP contribution in [0.3, 0.4) is 0 Å². The number of aliphatic hydroxyl groups excluding tert-OH is 2. The summed E-state index contributed by atoms with van der Waals surface area (Å²) >= 11 is 0. The number of ether oxygens (including phenoxy) is 11. The van der Waals surface area contributed by atoms with Gasteiger partial charge in [0.15, 0.2) is 18.9 Å². The number of aliphatic carboxylic acids is 1. The van der Waals surface area contributed by atoms with Gasteiger partial charge < -0.3 is 88.1 Å². The molecule has 560 valence electrons. The van der Waals surface area contributed by atoms with Gasteiger partial charge in [-0.05, 0) is 110 Å². The minimum Gasteiger partial charge on any atom is -0.481 e. The Hall–Kier alpha value is -7.37. The van der Waals surface area contributed by atoms with Crippen molar-refractivity contribution in [2.75, 3.05) is 56.8 Å². The van der Waals surface area contributed by atoms with E-state index >= 15 is 0 Å². The molecule has 99 heavy (non-hydrogen) atoms. The molecule has 7 heterocycles. The lowest BCUT2D eigenvalue weighted by Crippen LogP contribution is -2.55. The molecule has 0 radical (unpaired) electrons. The Labute approximate surface area is 578 Å². The van der Waals surface area contributed by atoms with Gasteiger partial charge in [-0.3, -0.25) is 39.4 Å². The molecule has 10 N–H and O–H groups in total. The minimum atomic E-state index is -1.24. The third kappa shape index (κ3) is 31.4. The van der Waals surface area contributed by atoms with Crippen LogP contribution < -0.4 is 16.4 Å². The first-order chi connectivity index (χ1) is 46.8. The molecule has 7 rings (SSSR count). The zero-order valence-electron chi connectivity index (χ0n) is 59.4. The summed E-state index contributed by atoms with van der Waals surface area (Å²) in [6, 6.07) is 0. The highest BCUT2D eigenvalue weighted by atomic mass is 16.8. The first-order valence-corrected chi connectivity index (χ1v) is 33.8. The summed E-state index contributed by atoms with van der Waals surface area (Å²) in [4.78, 5) is 117. The Balaban J connectivity index is 0.000000298. The average Bonchev–Trinajstić information content (AvgIpc) is 1.53. The SMILES string of the molecule is CC1C(COC(=O)Nc2cnc[nH]2)OC(OCCCCC(=O)OC(C)(C)C)C(C)C1C.CC1C(COC(=O)ON2C(=O)CCC2=O)OC(OCCCCC(=O)OC(C)(C)C)C(C)C1C.CC1C(OCCCCC(=O)O)OC(COC(=O)Nc2cnc[nH]2)C(O)C1O.NCCc1cnc[nH]1. The number of imidazole rings is 3. The van der Waals surface area contributed by atoms with Gasteiger partial charge in [-0.2, -0.15) is 0 Å². The summed E-state index contributed by atoms with van der Waals surface area (Å²) in [6.07, 6.45) is 6.47. The predicted octanol–water partition coefficient (Wildman–Crippen LogP) is 7.71. The standard InChI is InChI=1S/C23H37NO9.C22H37N3O6.C16H25N3O8.C5H9N3/c1-14-15(2)17(13-30-22(28)33-24-18(25)10-11-19(24)26)31-21(16(14)3)29-12-8-7-9-20(27)32-23(4,5)6;1-14-15(2)17(12-29-21(27)25-18-11-23-13-24-18)30-20(16(14)3)28-10-8-7-9-19(26)31-22(4,5)6;1-9-13(22)14(23)10(7-26-16(24)19-11-6-17-8-18-11)27-15(9)25-5-3-2-4-12(20)21;6-2-1-5-3-7-4-8-5/h14-17,21H,7-13H2,1-6H3;11,13-17,20H,7-10,12H2,1-6H3,(H,23,24)(H,25,27);6,8-10,13-15,22-23H,2-5,7H2,1H3,(H,17,18)(H,19,24)(H,20,21);3-4H,1-2,6H2,(H,7,8). The molecule has 0 saturated carbocycles. The number of esters is 2. The fraction of sp³-hybridized carbons (Fsp3) is 0.742. The van der Waals surface area contributed by atoms with Crippen LogP contribution >= 0.6 is 0 Å².